The van der Waals surface area contributed by atoms with Gasteiger partial charge in [0.05, 0.1) is 23.6 Å². The summed E-state index contributed by atoms with van der Waals surface area (Å²) in [7, 11) is -3.82. The highest BCUT2D eigenvalue weighted by Crippen LogP contribution is 2.27. The lowest BCUT2D eigenvalue weighted by atomic mass is 10.1. The number of fused-ring (bicyclic) bond motifs is 1. The molecule has 0 atom stereocenters. The van der Waals surface area contributed by atoms with E-state index in [1.165, 1.54) is 0 Å². The number of amides is 1. The third-order valence-corrected chi connectivity index (χ3v) is 5.75. The minimum Gasteiger partial charge on any atom is -0.444 e. The van der Waals surface area contributed by atoms with Gasteiger partial charge in [0.25, 0.3) is 10.0 Å². The van der Waals surface area contributed by atoms with E-state index < -0.39 is 21.7 Å². The van der Waals surface area contributed by atoms with Crippen molar-refractivity contribution < 1.29 is 17.9 Å². The molecule has 1 aliphatic rings. The second kappa shape index (κ2) is 6.55. The molecule has 3 N–H and O–H groups in total. The van der Waals surface area contributed by atoms with Gasteiger partial charge < -0.3 is 9.64 Å². The van der Waals surface area contributed by atoms with Crippen LogP contribution >= 0.6 is 0 Å². The van der Waals surface area contributed by atoms with E-state index >= 15 is 0 Å². The fourth-order valence-corrected chi connectivity index (χ4v) is 4.41. The highest BCUT2D eigenvalue weighted by molar-refractivity contribution is 7.92. The van der Waals surface area contributed by atoms with Crippen molar-refractivity contribution in [2.75, 3.05) is 11.3 Å². The summed E-state index contributed by atoms with van der Waals surface area (Å²) in [6.07, 6.45) is 0.0567. The van der Waals surface area contributed by atoms with Gasteiger partial charge in [0.1, 0.15) is 10.5 Å². The number of aromatic nitrogens is 4. The van der Waals surface area contributed by atoms with Gasteiger partial charge in [-0.1, -0.05) is 0 Å². The summed E-state index contributed by atoms with van der Waals surface area (Å²) in [6.45, 7) is 9.39. The number of nitrogens with one attached hydrogen (secondary N) is 3. The molecule has 0 bridgehead atoms. The van der Waals surface area contributed by atoms with E-state index in [1.54, 1.807) is 18.7 Å². The van der Waals surface area contributed by atoms with Crippen LogP contribution in [0.25, 0.3) is 0 Å². The highest BCUT2D eigenvalue weighted by atomic mass is 32.2. The van der Waals surface area contributed by atoms with Gasteiger partial charge in [0.2, 0.25) is 0 Å². The fourth-order valence-electron chi connectivity index (χ4n) is 3.00. The maximum Gasteiger partial charge on any atom is 0.410 e. The highest BCUT2D eigenvalue weighted by Gasteiger charge is 2.30. The molecule has 0 fully saturated rings. The van der Waals surface area contributed by atoms with Crippen molar-refractivity contribution in [1.29, 1.82) is 0 Å². The van der Waals surface area contributed by atoms with Crippen LogP contribution in [0.1, 0.15) is 43.4 Å². The molecular formula is C16H24N6O4S. The number of sulfonamides is 1. The largest absolute Gasteiger partial charge is 0.444 e. The normalized spacial score (nSPS) is 14.8. The molecule has 0 radical (unpaired) electrons. The zero-order valence-corrected chi connectivity index (χ0v) is 16.8. The molecule has 2 aromatic rings. The van der Waals surface area contributed by atoms with Gasteiger partial charge in [-0.3, -0.25) is 14.9 Å². The van der Waals surface area contributed by atoms with E-state index in [0.717, 1.165) is 5.56 Å². The Kier molecular flexibility index (Phi) is 4.66. The predicted octanol–water partition coefficient (Wildman–Crippen LogP) is 1.84. The molecule has 0 aromatic carbocycles. The minimum atomic E-state index is -3.82. The van der Waals surface area contributed by atoms with E-state index in [9.17, 15) is 13.2 Å². The molecule has 0 unspecified atom stereocenters. The van der Waals surface area contributed by atoms with Crippen LogP contribution in [0.2, 0.25) is 0 Å². The first-order valence-corrected chi connectivity index (χ1v) is 10.0. The average molecular weight is 396 g/mol. The fraction of sp³-hybridized carbons (Fsp3) is 0.562. The first-order chi connectivity index (χ1) is 12.5. The molecule has 0 saturated heterocycles. The van der Waals surface area contributed by atoms with Crippen molar-refractivity contribution in [1.82, 2.24) is 25.3 Å². The van der Waals surface area contributed by atoms with Crippen LogP contribution in [0.5, 0.6) is 0 Å². The average Bonchev–Trinajstić information content (AvgIpc) is 3.08. The number of hydrogen-bond donors (Lipinski definition) is 3. The first-order valence-electron chi connectivity index (χ1n) is 8.56. The standard InChI is InChI=1S/C16H24N6O4S/c1-9-13(10(2)18-17-9)27(24,25)21-14-11-6-7-22(8-12(11)19-20-14)15(23)26-16(3,4)5/h6-8H2,1-5H3,(H,17,18)(H2,19,20,21). The molecule has 0 aliphatic carbocycles. The van der Waals surface area contributed by atoms with Crippen molar-refractivity contribution in [2.24, 2.45) is 0 Å². The number of carbonyl (C=O) groups excluding carboxylic acids is 1. The van der Waals surface area contributed by atoms with Gasteiger partial charge in [0, 0.05) is 12.1 Å². The molecule has 148 valence electrons. The second-order valence-corrected chi connectivity index (χ2v) is 9.17. The Morgan fingerprint density at radius 3 is 2.52 bits per heavy atom. The number of nitrogens with zero attached hydrogens (tertiary/aromatic N) is 3. The Balaban J connectivity index is 1.78. The summed E-state index contributed by atoms with van der Waals surface area (Å²) in [4.78, 5) is 13.9. The van der Waals surface area contributed by atoms with Gasteiger partial charge in [0.15, 0.2) is 5.82 Å². The van der Waals surface area contributed by atoms with E-state index in [0.29, 0.717) is 30.0 Å². The Morgan fingerprint density at radius 2 is 1.93 bits per heavy atom. The van der Waals surface area contributed by atoms with Crippen LogP contribution in [-0.4, -0.2) is 52.0 Å². The van der Waals surface area contributed by atoms with E-state index in [-0.39, 0.29) is 17.3 Å². The predicted molar refractivity (Wildman–Crippen MR) is 97.8 cm³/mol. The van der Waals surface area contributed by atoms with Gasteiger partial charge in [-0.15, -0.1) is 0 Å². The van der Waals surface area contributed by atoms with Crippen LogP contribution in [0.4, 0.5) is 10.6 Å². The molecule has 0 spiro atoms. The smallest absolute Gasteiger partial charge is 0.410 e. The number of H-pyrrole nitrogens is 2. The van der Waals surface area contributed by atoms with Gasteiger partial charge in [-0.05, 0) is 41.0 Å². The summed E-state index contributed by atoms with van der Waals surface area (Å²) in [6, 6.07) is 0. The summed E-state index contributed by atoms with van der Waals surface area (Å²) < 4.78 is 33.3. The molecule has 2 aromatic heterocycles. The topological polar surface area (TPSA) is 133 Å². The van der Waals surface area contributed by atoms with Crippen LogP contribution in [-0.2, 0) is 27.7 Å². The number of anilines is 1. The molecule has 10 nitrogen and oxygen atoms in total. The summed E-state index contributed by atoms with van der Waals surface area (Å²) in [5.41, 5.74) is 1.70. The maximum atomic E-state index is 12.7. The summed E-state index contributed by atoms with van der Waals surface area (Å²) in [5, 5.41) is 13.5. The number of hydrogen-bond acceptors (Lipinski definition) is 6. The van der Waals surface area contributed by atoms with Gasteiger partial charge >= 0.3 is 6.09 Å². The first kappa shape index (κ1) is 19.2. The van der Waals surface area contributed by atoms with Crippen LogP contribution < -0.4 is 4.72 Å². The monoisotopic (exact) mass is 396 g/mol. The third-order valence-electron chi connectivity index (χ3n) is 4.15. The number of aryl methyl sites for hydroxylation is 2. The van der Waals surface area contributed by atoms with Crippen molar-refractivity contribution in [3.8, 4) is 0 Å². The molecule has 3 rings (SSSR count). The van der Waals surface area contributed by atoms with Crippen LogP contribution in [0, 0.1) is 13.8 Å². The zero-order chi connectivity index (χ0) is 20.0. The summed E-state index contributed by atoms with van der Waals surface area (Å²) >= 11 is 0. The molecule has 11 heteroatoms. The number of carbonyl (C=O) groups is 1. The zero-order valence-electron chi connectivity index (χ0n) is 16.0. The lowest BCUT2D eigenvalue weighted by Gasteiger charge is -2.29. The third kappa shape index (κ3) is 3.92. The Labute approximate surface area is 157 Å². The number of ether oxygens (including phenoxy) is 1. The molecule has 1 amide bonds. The SMILES string of the molecule is Cc1n[nH]c(C)c1S(=O)(=O)Nc1n[nH]c2c1CCN(C(=O)OC(C)(C)C)C2. The van der Waals surface area contributed by atoms with E-state index in [4.69, 9.17) is 4.74 Å². The lowest BCUT2D eigenvalue weighted by Crippen LogP contribution is -2.39. The van der Waals surface area contributed by atoms with Crippen molar-refractivity contribution >= 4 is 21.9 Å². The Morgan fingerprint density at radius 1 is 1.22 bits per heavy atom. The van der Waals surface area contributed by atoms with E-state index in [2.05, 4.69) is 25.1 Å². The lowest BCUT2D eigenvalue weighted by molar-refractivity contribution is 0.0221. The van der Waals surface area contributed by atoms with Crippen LogP contribution in [0.15, 0.2) is 4.90 Å². The Hall–Kier alpha value is -2.56. The second-order valence-electron chi connectivity index (χ2n) is 7.55. The molecule has 1 aliphatic heterocycles. The number of rotatable bonds is 3. The molecule has 27 heavy (non-hydrogen) atoms. The van der Waals surface area contributed by atoms with Crippen LogP contribution in [0.3, 0.4) is 0 Å². The van der Waals surface area contributed by atoms with Crippen molar-refractivity contribution in [3.05, 3.63) is 22.6 Å². The van der Waals surface area contributed by atoms with Gasteiger partial charge in [-0.25, -0.2) is 13.2 Å². The molecular weight excluding hydrogens is 372 g/mol. The molecule has 3 heterocycles. The minimum absolute atomic E-state index is 0.116. The quantitative estimate of drug-likeness (QED) is 0.725. The summed E-state index contributed by atoms with van der Waals surface area (Å²) in [5.74, 6) is 0.244. The van der Waals surface area contributed by atoms with Gasteiger partial charge in [-0.2, -0.15) is 10.2 Å². The maximum absolute atomic E-state index is 12.7. The Bertz CT molecular complexity index is 950. The van der Waals surface area contributed by atoms with E-state index in [1.807, 2.05) is 20.8 Å². The van der Waals surface area contributed by atoms with Crippen molar-refractivity contribution in [3.63, 3.8) is 0 Å². The van der Waals surface area contributed by atoms with Crippen molar-refractivity contribution in [2.45, 2.75) is 58.1 Å². The molecule has 0 saturated carbocycles. The number of aromatic amines is 2.